The first kappa shape index (κ1) is 5.41. The molecule has 0 saturated heterocycles. The van der Waals surface area contributed by atoms with Crippen LogP contribution in [0.1, 0.15) is 5.56 Å². The second-order valence-electron chi connectivity index (χ2n) is 2.12. The molecule has 50 valence electrons. The Morgan fingerprint density at radius 2 is 2.50 bits per heavy atom. The lowest BCUT2D eigenvalue weighted by molar-refractivity contribution is -0.132. The van der Waals surface area contributed by atoms with Gasteiger partial charge in [-0.1, -0.05) is 6.07 Å². The summed E-state index contributed by atoms with van der Waals surface area (Å²) in [4.78, 5) is 14.5. The Hall–Kier alpha value is -1.38. The smallest absolute Gasteiger partial charge is 0.317 e. The zero-order chi connectivity index (χ0) is 6.97. The van der Waals surface area contributed by atoms with Gasteiger partial charge in [-0.2, -0.15) is 0 Å². The number of hydrogen-bond acceptors (Lipinski definition) is 3. The van der Waals surface area contributed by atoms with Gasteiger partial charge in [-0.3, -0.25) is 4.79 Å². The average molecular weight is 135 g/mol. The van der Waals surface area contributed by atoms with Crippen LogP contribution in [-0.2, 0) is 11.2 Å². The van der Waals surface area contributed by atoms with E-state index in [1.165, 1.54) is 0 Å². The molecule has 0 amide bonds. The summed E-state index contributed by atoms with van der Waals surface area (Å²) in [5.74, 6) is 0.251. The van der Waals surface area contributed by atoms with Gasteiger partial charge in [0, 0.05) is 11.8 Å². The summed E-state index contributed by atoms with van der Waals surface area (Å²) in [7, 11) is 0. The van der Waals surface area contributed by atoms with Crippen LogP contribution < -0.4 is 4.74 Å². The minimum Gasteiger partial charge on any atom is -0.407 e. The lowest BCUT2D eigenvalue weighted by Gasteiger charge is -1.90. The Kier molecular flexibility index (Phi) is 0.974. The summed E-state index contributed by atoms with van der Waals surface area (Å²) in [5.41, 5.74) is 0.882. The van der Waals surface area contributed by atoms with Crippen molar-refractivity contribution < 1.29 is 9.53 Å². The maximum atomic E-state index is 10.6. The van der Waals surface area contributed by atoms with E-state index in [1.54, 1.807) is 12.3 Å². The Balaban J connectivity index is 2.51. The third-order valence-corrected chi connectivity index (χ3v) is 1.40. The van der Waals surface area contributed by atoms with E-state index >= 15 is 0 Å². The molecule has 1 aromatic heterocycles. The van der Waals surface area contributed by atoms with Crippen molar-refractivity contribution in [3.8, 4) is 5.88 Å². The van der Waals surface area contributed by atoms with Crippen LogP contribution in [0.25, 0.3) is 0 Å². The lowest BCUT2D eigenvalue weighted by atomic mass is 10.2. The van der Waals surface area contributed by atoms with E-state index < -0.39 is 0 Å². The fourth-order valence-electron chi connectivity index (χ4n) is 0.950. The lowest BCUT2D eigenvalue weighted by Crippen LogP contribution is -2.00. The molecular weight excluding hydrogens is 130 g/mol. The van der Waals surface area contributed by atoms with Crippen molar-refractivity contribution in [2.45, 2.75) is 6.42 Å². The number of rotatable bonds is 0. The standard InChI is InChI=1S/C7H5NO2/c9-6-4-5-2-1-3-8-7(5)10-6/h1-3H,4H2. The quantitative estimate of drug-likeness (QED) is 0.487. The number of pyridine rings is 1. The Morgan fingerprint density at radius 3 is 3.30 bits per heavy atom. The minimum absolute atomic E-state index is 0.214. The highest BCUT2D eigenvalue weighted by Crippen LogP contribution is 2.21. The van der Waals surface area contributed by atoms with E-state index in [0.717, 1.165) is 5.56 Å². The van der Waals surface area contributed by atoms with Gasteiger partial charge in [0.15, 0.2) is 0 Å². The minimum atomic E-state index is -0.214. The van der Waals surface area contributed by atoms with E-state index in [1.807, 2.05) is 6.07 Å². The van der Waals surface area contributed by atoms with E-state index in [2.05, 4.69) is 4.98 Å². The van der Waals surface area contributed by atoms with Crippen LogP contribution in [0.2, 0.25) is 0 Å². The number of carbonyl (C=O) groups is 1. The van der Waals surface area contributed by atoms with Crippen molar-refractivity contribution in [1.29, 1.82) is 0 Å². The summed E-state index contributed by atoms with van der Waals surface area (Å²) in [6.45, 7) is 0. The third-order valence-electron chi connectivity index (χ3n) is 1.40. The predicted octanol–water partition coefficient (Wildman–Crippen LogP) is 0.543. The van der Waals surface area contributed by atoms with E-state index in [4.69, 9.17) is 4.74 Å². The predicted molar refractivity (Wildman–Crippen MR) is 33.6 cm³/mol. The second kappa shape index (κ2) is 1.80. The number of hydrogen-bond donors (Lipinski definition) is 0. The fraction of sp³-hybridized carbons (Fsp3) is 0.143. The van der Waals surface area contributed by atoms with Gasteiger partial charge in [-0.05, 0) is 6.07 Å². The van der Waals surface area contributed by atoms with Crippen molar-refractivity contribution in [3.05, 3.63) is 23.9 Å². The molecule has 3 nitrogen and oxygen atoms in total. The number of carbonyl (C=O) groups excluding carboxylic acids is 1. The number of ether oxygens (including phenoxy) is 1. The number of aromatic nitrogens is 1. The Labute approximate surface area is 57.7 Å². The van der Waals surface area contributed by atoms with Gasteiger partial charge in [0.2, 0.25) is 5.88 Å². The van der Waals surface area contributed by atoms with Crippen LogP contribution in [0.4, 0.5) is 0 Å². The normalized spacial score (nSPS) is 14.6. The van der Waals surface area contributed by atoms with E-state index in [0.29, 0.717) is 12.3 Å². The summed E-state index contributed by atoms with van der Waals surface area (Å²) < 4.78 is 4.76. The van der Waals surface area contributed by atoms with Crippen molar-refractivity contribution >= 4 is 5.97 Å². The monoisotopic (exact) mass is 135 g/mol. The van der Waals surface area contributed by atoms with Crippen molar-refractivity contribution in [1.82, 2.24) is 4.98 Å². The van der Waals surface area contributed by atoms with Crippen LogP contribution >= 0.6 is 0 Å². The molecule has 0 aromatic carbocycles. The summed E-state index contributed by atoms with van der Waals surface area (Å²) in [6, 6.07) is 3.63. The first-order valence-electron chi connectivity index (χ1n) is 3.01. The summed E-state index contributed by atoms with van der Waals surface area (Å²) in [5, 5.41) is 0. The van der Waals surface area contributed by atoms with Gasteiger partial charge in [0.1, 0.15) is 0 Å². The molecule has 0 aliphatic carbocycles. The van der Waals surface area contributed by atoms with Crippen LogP contribution in [0.15, 0.2) is 18.3 Å². The van der Waals surface area contributed by atoms with Gasteiger partial charge < -0.3 is 4.74 Å². The topological polar surface area (TPSA) is 39.2 Å². The van der Waals surface area contributed by atoms with Crippen molar-refractivity contribution in [3.63, 3.8) is 0 Å². The number of esters is 1. The number of fused-ring (bicyclic) bond motifs is 1. The molecule has 0 radical (unpaired) electrons. The third kappa shape index (κ3) is 0.673. The molecule has 3 heteroatoms. The summed E-state index contributed by atoms with van der Waals surface area (Å²) >= 11 is 0. The highest BCUT2D eigenvalue weighted by atomic mass is 16.5. The summed E-state index contributed by atoms with van der Waals surface area (Å²) in [6.07, 6.45) is 1.97. The molecule has 10 heavy (non-hydrogen) atoms. The van der Waals surface area contributed by atoms with Gasteiger partial charge in [0.05, 0.1) is 6.42 Å². The van der Waals surface area contributed by atoms with Crippen molar-refractivity contribution in [2.75, 3.05) is 0 Å². The van der Waals surface area contributed by atoms with Crippen molar-refractivity contribution in [2.24, 2.45) is 0 Å². The molecule has 0 atom stereocenters. The van der Waals surface area contributed by atoms with E-state index in [-0.39, 0.29) is 5.97 Å². The highest BCUT2D eigenvalue weighted by molar-refractivity contribution is 5.79. The Morgan fingerprint density at radius 1 is 1.60 bits per heavy atom. The molecule has 0 N–H and O–H groups in total. The second-order valence-corrected chi connectivity index (χ2v) is 2.12. The van der Waals surface area contributed by atoms with Crippen LogP contribution in [0, 0.1) is 0 Å². The SMILES string of the molecule is O=C1Cc2cccnc2O1. The molecule has 2 rings (SSSR count). The largest absolute Gasteiger partial charge is 0.407 e. The molecule has 0 bridgehead atoms. The molecule has 0 saturated carbocycles. The number of nitrogens with zero attached hydrogens (tertiary/aromatic N) is 1. The van der Waals surface area contributed by atoms with Crippen LogP contribution in [0.3, 0.4) is 0 Å². The maximum absolute atomic E-state index is 10.6. The van der Waals surface area contributed by atoms with E-state index in [9.17, 15) is 4.79 Å². The Bertz CT molecular complexity index is 256. The van der Waals surface area contributed by atoms with Gasteiger partial charge in [0.25, 0.3) is 0 Å². The van der Waals surface area contributed by atoms with Gasteiger partial charge in [-0.25, -0.2) is 4.98 Å². The van der Waals surface area contributed by atoms with Crippen LogP contribution in [-0.4, -0.2) is 11.0 Å². The molecule has 0 fully saturated rings. The molecular formula is C7H5NO2. The molecule has 2 heterocycles. The van der Waals surface area contributed by atoms with Gasteiger partial charge in [-0.15, -0.1) is 0 Å². The molecule has 1 aliphatic rings. The molecule has 0 unspecified atom stereocenters. The maximum Gasteiger partial charge on any atom is 0.317 e. The highest BCUT2D eigenvalue weighted by Gasteiger charge is 2.19. The average Bonchev–Trinajstić information content (AvgIpc) is 2.27. The molecule has 0 spiro atoms. The zero-order valence-corrected chi connectivity index (χ0v) is 5.20. The first-order valence-corrected chi connectivity index (χ1v) is 3.01. The molecule has 1 aromatic rings. The van der Waals surface area contributed by atoms with Gasteiger partial charge >= 0.3 is 5.97 Å². The first-order chi connectivity index (χ1) is 4.86. The fourth-order valence-corrected chi connectivity index (χ4v) is 0.950. The van der Waals surface area contributed by atoms with Crippen LogP contribution in [0.5, 0.6) is 5.88 Å². The molecule has 1 aliphatic heterocycles. The zero-order valence-electron chi connectivity index (χ0n) is 5.20.